The number of carbonyl (C=O) groups excluding carboxylic acids is 2. The number of rotatable bonds is 3. The number of amides is 2. The maximum Gasteiger partial charge on any atom is 0.278 e. The lowest BCUT2D eigenvalue weighted by molar-refractivity contribution is -0.117. The van der Waals surface area contributed by atoms with Crippen LogP contribution in [0.3, 0.4) is 0 Å². The summed E-state index contributed by atoms with van der Waals surface area (Å²) in [5.74, 6) is 0.596. The summed E-state index contributed by atoms with van der Waals surface area (Å²) in [5.41, 5.74) is 2.51. The molecule has 2 aliphatic rings. The van der Waals surface area contributed by atoms with Gasteiger partial charge in [0.25, 0.3) is 5.91 Å². The lowest BCUT2D eigenvalue weighted by Gasteiger charge is -2.18. The fraction of sp³-hybridized carbons (Fsp3) is 0.389. The van der Waals surface area contributed by atoms with Crippen LogP contribution < -0.4 is 10.2 Å². The van der Waals surface area contributed by atoms with Crippen molar-refractivity contribution in [2.75, 3.05) is 16.8 Å². The lowest BCUT2D eigenvalue weighted by atomic mass is 9.96. The normalized spacial score (nSPS) is 16.8. The minimum atomic E-state index is -0.298. The van der Waals surface area contributed by atoms with Gasteiger partial charge in [-0.3, -0.25) is 9.59 Å². The van der Waals surface area contributed by atoms with Crippen LogP contribution in [0.15, 0.2) is 22.7 Å². The first-order chi connectivity index (χ1) is 12.1. The van der Waals surface area contributed by atoms with Gasteiger partial charge in [-0.1, -0.05) is 16.8 Å². The highest BCUT2D eigenvalue weighted by molar-refractivity contribution is 6.34. The van der Waals surface area contributed by atoms with Gasteiger partial charge in [0, 0.05) is 30.6 Å². The minimum Gasteiger partial charge on any atom is -0.360 e. The van der Waals surface area contributed by atoms with E-state index in [0.717, 1.165) is 43.4 Å². The van der Waals surface area contributed by atoms with Crippen LogP contribution in [0.4, 0.5) is 11.4 Å². The van der Waals surface area contributed by atoms with Crippen molar-refractivity contribution in [3.8, 4) is 0 Å². The maximum atomic E-state index is 12.5. The predicted octanol–water partition coefficient (Wildman–Crippen LogP) is 3.59. The molecule has 1 aromatic carbocycles. The van der Waals surface area contributed by atoms with Crippen LogP contribution in [0.1, 0.15) is 47.5 Å². The van der Waals surface area contributed by atoms with Crippen molar-refractivity contribution < 1.29 is 14.1 Å². The third-order valence-corrected chi connectivity index (χ3v) is 5.04. The van der Waals surface area contributed by atoms with Crippen molar-refractivity contribution in [1.29, 1.82) is 0 Å². The monoisotopic (exact) mass is 359 g/mol. The zero-order valence-corrected chi connectivity index (χ0v) is 14.4. The molecule has 2 amide bonds. The van der Waals surface area contributed by atoms with Gasteiger partial charge in [0.1, 0.15) is 5.76 Å². The smallest absolute Gasteiger partial charge is 0.278 e. The standard InChI is InChI=1S/C18H18ClN3O3/c19-13-10-11(7-8-14(13)22-9-3-6-16(22)23)20-18(24)17-12-4-1-2-5-15(12)25-21-17/h7-8,10H,1-6,9H2,(H,20,24). The summed E-state index contributed by atoms with van der Waals surface area (Å²) in [6.45, 7) is 0.676. The molecule has 4 rings (SSSR count). The number of halogens is 1. The largest absolute Gasteiger partial charge is 0.360 e. The van der Waals surface area contributed by atoms with E-state index >= 15 is 0 Å². The Labute approximate surface area is 150 Å². The van der Waals surface area contributed by atoms with Crippen LogP contribution in [0, 0.1) is 0 Å². The average Bonchev–Trinajstić information content (AvgIpc) is 3.21. The first kappa shape index (κ1) is 16.1. The third kappa shape index (κ3) is 3.02. The Morgan fingerprint density at radius 2 is 2.04 bits per heavy atom. The summed E-state index contributed by atoms with van der Waals surface area (Å²) in [6, 6.07) is 5.17. The summed E-state index contributed by atoms with van der Waals surface area (Å²) in [4.78, 5) is 26.1. The number of benzene rings is 1. The fourth-order valence-corrected chi connectivity index (χ4v) is 3.74. The number of hydrogen-bond acceptors (Lipinski definition) is 4. The Kier molecular flexibility index (Phi) is 4.21. The van der Waals surface area contributed by atoms with Crippen molar-refractivity contribution in [2.24, 2.45) is 0 Å². The number of hydrogen-bond donors (Lipinski definition) is 1. The second-order valence-corrected chi connectivity index (χ2v) is 6.82. The molecule has 6 nitrogen and oxygen atoms in total. The summed E-state index contributed by atoms with van der Waals surface area (Å²) in [6.07, 6.45) is 5.14. The van der Waals surface area contributed by atoms with Crippen molar-refractivity contribution in [2.45, 2.75) is 38.5 Å². The molecular weight excluding hydrogens is 342 g/mol. The van der Waals surface area contributed by atoms with E-state index in [2.05, 4.69) is 10.5 Å². The van der Waals surface area contributed by atoms with Gasteiger partial charge in [-0.2, -0.15) is 0 Å². The van der Waals surface area contributed by atoms with Gasteiger partial charge in [-0.05, 0) is 43.9 Å². The first-order valence-corrected chi connectivity index (χ1v) is 8.90. The molecule has 25 heavy (non-hydrogen) atoms. The number of anilines is 2. The van der Waals surface area contributed by atoms with E-state index < -0.39 is 0 Å². The van der Waals surface area contributed by atoms with Crippen LogP contribution in [0.5, 0.6) is 0 Å². The van der Waals surface area contributed by atoms with E-state index in [1.54, 1.807) is 23.1 Å². The van der Waals surface area contributed by atoms with Crippen molar-refractivity contribution >= 4 is 34.8 Å². The van der Waals surface area contributed by atoms with Crippen LogP contribution in [0.25, 0.3) is 0 Å². The molecule has 0 saturated carbocycles. The van der Waals surface area contributed by atoms with Gasteiger partial charge in [0.05, 0.1) is 10.7 Å². The van der Waals surface area contributed by atoms with Crippen LogP contribution in [-0.2, 0) is 17.6 Å². The second-order valence-electron chi connectivity index (χ2n) is 6.41. The van der Waals surface area contributed by atoms with E-state index in [1.807, 2.05) is 0 Å². The number of nitrogens with zero attached hydrogens (tertiary/aromatic N) is 2. The molecule has 1 aliphatic carbocycles. The summed E-state index contributed by atoms with van der Waals surface area (Å²) in [7, 11) is 0. The molecule has 1 saturated heterocycles. The highest BCUT2D eigenvalue weighted by atomic mass is 35.5. The van der Waals surface area contributed by atoms with Crippen LogP contribution >= 0.6 is 11.6 Å². The Morgan fingerprint density at radius 1 is 1.20 bits per heavy atom. The summed E-state index contributed by atoms with van der Waals surface area (Å²) in [5, 5.41) is 7.19. The predicted molar refractivity (Wildman–Crippen MR) is 94.1 cm³/mol. The van der Waals surface area contributed by atoms with Crippen molar-refractivity contribution in [3.05, 3.63) is 40.2 Å². The molecule has 130 valence electrons. The average molecular weight is 360 g/mol. The van der Waals surface area contributed by atoms with Gasteiger partial charge in [0.15, 0.2) is 5.69 Å². The molecule has 1 N–H and O–H groups in total. The molecule has 0 bridgehead atoms. The molecule has 1 fully saturated rings. The molecule has 0 atom stereocenters. The minimum absolute atomic E-state index is 0.0768. The molecule has 1 aliphatic heterocycles. The molecular formula is C18H18ClN3O3. The quantitative estimate of drug-likeness (QED) is 0.908. The molecule has 7 heteroatoms. The summed E-state index contributed by atoms with van der Waals surface area (Å²) < 4.78 is 5.29. The molecule has 0 spiro atoms. The highest BCUT2D eigenvalue weighted by Gasteiger charge is 2.25. The first-order valence-electron chi connectivity index (χ1n) is 8.52. The molecule has 1 aromatic heterocycles. The van der Waals surface area contributed by atoms with Gasteiger partial charge < -0.3 is 14.7 Å². The Morgan fingerprint density at radius 3 is 2.80 bits per heavy atom. The van der Waals surface area contributed by atoms with Crippen molar-refractivity contribution in [1.82, 2.24) is 5.16 Å². The third-order valence-electron chi connectivity index (χ3n) is 4.74. The Hall–Kier alpha value is -2.34. The maximum absolute atomic E-state index is 12.5. The van der Waals surface area contributed by atoms with E-state index in [1.165, 1.54) is 0 Å². The number of aromatic nitrogens is 1. The zero-order valence-electron chi connectivity index (χ0n) is 13.7. The van der Waals surface area contributed by atoms with Gasteiger partial charge in [0.2, 0.25) is 5.91 Å². The Balaban J connectivity index is 1.53. The van der Waals surface area contributed by atoms with Crippen LogP contribution in [0.2, 0.25) is 5.02 Å². The Bertz CT molecular complexity index is 846. The van der Waals surface area contributed by atoms with E-state index in [-0.39, 0.29) is 11.8 Å². The van der Waals surface area contributed by atoms with Gasteiger partial charge >= 0.3 is 0 Å². The fourth-order valence-electron chi connectivity index (χ4n) is 3.46. The van der Waals surface area contributed by atoms with Crippen LogP contribution in [-0.4, -0.2) is 23.5 Å². The van der Waals surface area contributed by atoms with Crippen molar-refractivity contribution in [3.63, 3.8) is 0 Å². The lowest BCUT2D eigenvalue weighted by Crippen LogP contribution is -2.24. The van der Waals surface area contributed by atoms with Gasteiger partial charge in [-0.25, -0.2) is 0 Å². The number of carbonyl (C=O) groups is 2. The number of nitrogens with one attached hydrogen (secondary N) is 1. The summed E-state index contributed by atoms with van der Waals surface area (Å²) >= 11 is 6.32. The van der Waals surface area contributed by atoms with Gasteiger partial charge in [-0.15, -0.1) is 0 Å². The second kappa shape index (κ2) is 6.52. The molecule has 2 aromatic rings. The van der Waals surface area contributed by atoms with E-state index in [0.29, 0.717) is 35.1 Å². The highest BCUT2D eigenvalue weighted by Crippen LogP contribution is 2.32. The van der Waals surface area contributed by atoms with E-state index in [4.69, 9.17) is 16.1 Å². The molecule has 0 unspecified atom stereocenters. The number of aryl methyl sites for hydroxylation is 1. The molecule has 0 radical (unpaired) electrons. The van der Waals surface area contributed by atoms with E-state index in [9.17, 15) is 9.59 Å². The topological polar surface area (TPSA) is 75.4 Å². The zero-order chi connectivity index (χ0) is 17.4. The SMILES string of the molecule is O=C(Nc1ccc(N2CCCC2=O)c(Cl)c1)c1noc2c1CCCC2. The number of fused-ring (bicyclic) bond motifs is 1. The molecule has 2 heterocycles.